The van der Waals surface area contributed by atoms with Crippen LogP contribution in [0.5, 0.6) is 5.75 Å². The van der Waals surface area contributed by atoms with Crippen LogP contribution in [-0.4, -0.2) is 44.4 Å². The van der Waals surface area contributed by atoms with Crippen molar-refractivity contribution in [1.82, 2.24) is 4.90 Å². The molecule has 1 aliphatic rings. The van der Waals surface area contributed by atoms with Gasteiger partial charge in [0.1, 0.15) is 5.75 Å². The standard InChI is InChI=1S/C13H20N2O2.2BrH/c14-12-2-4-13(5-3-12)17-9-1-6-15-7-10-16-11-8-15;;/h2-5H,1,6-11,14H2;2*1H. The fraction of sp³-hybridized carbons (Fsp3) is 0.538. The van der Waals surface area contributed by atoms with E-state index in [4.69, 9.17) is 15.2 Å². The summed E-state index contributed by atoms with van der Waals surface area (Å²) >= 11 is 0. The number of hydrogen-bond donors (Lipinski definition) is 1. The van der Waals surface area contributed by atoms with Crippen LogP contribution >= 0.6 is 34.0 Å². The predicted molar refractivity (Wildman–Crippen MR) is 88.9 cm³/mol. The molecule has 1 aromatic carbocycles. The summed E-state index contributed by atoms with van der Waals surface area (Å²) in [5, 5.41) is 0. The van der Waals surface area contributed by atoms with Crippen molar-refractivity contribution >= 4 is 39.7 Å². The van der Waals surface area contributed by atoms with Crippen LogP contribution in [0.15, 0.2) is 24.3 Å². The average molecular weight is 398 g/mol. The number of ether oxygens (including phenoxy) is 2. The lowest BCUT2D eigenvalue weighted by Gasteiger charge is -2.26. The molecule has 0 saturated carbocycles. The Hall–Kier alpha value is -0.300. The second-order valence-electron chi connectivity index (χ2n) is 4.23. The van der Waals surface area contributed by atoms with Crippen molar-refractivity contribution in [3.63, 3.8) is 0 Å². The molecule has 1 aromatic rings. The topological polar surface area (TPSA) is 47.7 Å². The highest BCUT2D eigenvalue weighted by Gasteiger charge is 2.09. The van der Waals surface area contributed by atoms with Crippen molar-refractivity contribution in [2.24, 2.45) is 0 Å². The molecule has 1 aliphatic heterocycles. The van der Waals surface area contributed by atoms with Gasteiger partial charge in [0.15, 0.2) is 0 Å². The van der Waals surface area contributed by atoms with Gasteiger partial charge in [-0.05, 0) is 30.7 Å². The molecule has 0 aromatic heterocycles. The monoisotopic (exact) mass is 396 g/mol. The Morgan fingerprint density at radius 1 is 1.11 bits per heavy atom. The molecule has 2 rings (SSSR count). The molecule has 110 valence electrons. The van der Waals surface area contributed by atoms with Gasteiger partial charge < -0.3 is 15.2 Å². The number of nitrogens with zero attached hydrogens (tertiary/aromatic N) is 1. The van der Waals surface area contributed by atoms with Gasteiger partial charge in [0.05, 0.1) is 19.8 Å². The Kier molecular flexibility index (Phi) is 10.3. The maximum Gasteiger partial charge on any atom is 0.119 e. The molecule has 0 unspecified atom stereocenters. The Morgan fingerprint density at radius 3 is 2.37 bits per heavy atom. The second kappa shape index (κ2) is 10.5. The number of halogens is 2. The first-order valence-corrected chi connectivity index (χ1v) is 6.13. The molecule has 0 spiro atoms. The quantitative estimate of drug-likeness (QED) is 0.612. The number of nitrogens with two attached hydrogens (primary N) is 1. The number of rotatable bonds is 5. The first-order valence-electron chi connectivity index (χ1n) is 6.13. The molecule has 19 heavy (non-hydrogen) atoms. The molecular formula is C13H22Br2N2O2. The van der Waals surface area contributed by atoms with E-state index in [9.17, 15) is 0 Å². The first kappa shape index (κ1) is 18.7. The molecule has 0 bridgehead atoms. The fourth-order valence-corrected chi connectivity index (χ4v) is 1.87. The molecule has 1 fully saturated rings. The van der Waals surface area contributed by atoms with E-state index in [0.29, 0.717) is 0 Å². The number of morpholine rings is 1. The molecule has 2 N–H and O–H groups in total. The number of hydrogen-bond acceptors (Lipinski definition) is 4. The highest BCUT2D eigenvalue weighted by molar-refractivity contribution is 8.93. The molecule has 1 saturated heterocycles. The molecule has 0 atom stereocenters. The van der Waals surface area contributed by atoms with Crippen LogP contribution in [0.1, 0.15) is 6.42 Å². The Labute approximate surface area is 135 Å². The normalized spacial score (nSPS) is 15.2. The van der Waals surface area contributed by atoms with Gasteiger partial charge >= 0.3 is 0 Å². The van der Waals surface area contributed by atoms with Crippen molar-refractivity contribution < 1.29 is 9.47 Å². The summed E-state index contributed by atoms with van der Waals surface area (Å²) in [6.45, 7) is 5.64. The van der Waals surface area contributed by atoms with Gasteiger partial charge in [0, 0.05) is 25.3 Å². The minimum atomic E-state index is 0. The van der Waals surface area contributed by atoms with Gasteiger partial charge in [-0.2, -0.15) is 0 Å². The summed E-state index contributed by atoms with van der Waals surface area (Å²) in [5.74, 6) is 0.890. The third kappa shape index (κ3) is 7.15. The number of benzene rings is 1. The lowest BCUT2D eigenvalue weighted by Crippen LogP contribution is -2.37. The van der Waals surface area contributed by atoms with Crippen molar-refractivity contribution in [3.05, 3.63) is 24.3 Å². The zero-order valence-corrected chi connectivity index (χ0v) is 14.3. The molecule has 1 heterocycles. The third-order valence-electron chi connectivity index (χ3n) is 2.87. The van der Waals surface area contributed by atoms with Crippen LogP contribution in [0.3, 0.4) is 0 Å². The maximum atomic E-state index is 5.64. The van der Waals surface area contributed by atoms with Gasteiger partial charge in [-0.25, -0.2) is 0 Å². The third-order valence-corrected chi connectivity index (χ3v) is 2.87. The highest BCUT2D eigenvalue weighted by atomic mass is 79.9. The van der Waals surface area contributed by atoms with Gasteiger partial charge in [-0.3, -0.25) is 4.90 Å². The fourth-order valence-electron chi connectivity index (χ4n) is 1.87. The molecule has 0 radical (unpaired) electrons. The molecule has 6 heteroatoms. The van der Waals surface area contributed by atoms with Gasteiger partial charge in [0.25, 0.3) is 0 Å². The van der Waals surface area contributed by atoms with E-state index in [2.05, 4.69) is 4.90 Å². The Balaban J connectivity index is 0.00000162. The predicted octanol–water partition coefficient (Wildman–Crippen LogP) is 2.53. The van der Waals surface area contributed by atoms with Crippen LogP contribution in [0, 0.1) is 0 Å². The number of anilines is 1. The zero-order chi connectivity index (χ0) is 11.9. The van der Waals surface area contributed by atoms with E-state index < -0.39 is 0 Å². The van der Waals surface area contributed by atoms with Gasteiger partial charge in [0.2, 0.25) is 0 Å². The van der Waals surface area contributed by atoms with Crippen molar-refractivity contribution in [2.75, 3.05) is 45.2 Å². The van der Waals surface area contributed by atoms with Crippen LogP contribution in [0.25, 0.3) is 0 Å². The first-order chi connectivity index (χ1) is 8.34. The summed E-state index contributed by atoms with van der Waals surface area (Å²) in [7, 11) is 0. The van der Waals surface area contributed by atoms with E-state index in [1.165, 1.54) is 0 Å². The summed E-state index contributed by atoms with van der Waals surface area (Å²) in [6, 6.07) is 7.53. The van der Waals surface area contributed by atoms with Crippen LogP contribution in [-0.2, 0) is 4.74 Å². The van der Waals surface area contributed by atoms with E-state index in [-0.39, 0.29) is 34.0 Å². The summed E-state index contributed by atoms with van der Waals surface area (Å²) in [4.78, 5) is 2.41. The zero-order valence-electron chi connectivity index (χ0n) is 10.9. The number of nitrogen functional groups attached to an aromatic ring is 1. The van der Waals surface area contributed by atoms with Crippen LogP contribution in [0.4, 0.5) is 5.69 Å². The van der Waals surface area contributed by atoms with Crippen molar-refractivity contribution in [1.29, 1.82) is 0 Å². The smallest absolute Gasteiger partial charge is 0.119 e. The lowest BCUT2D eigenvalue weighted by atomic mass is 10.3. The van der Waals surface area contributed by atoms with Crippen LogP contribution in [0.2, 0.25) is 0 Å². The molecular weight excluding hydrogens is 376 g/mol. The van der Waals surface area contributed by atoms with Crippen LogP contribution < -0.4 is 10.5 Å². The summed E-state index contributed by atoms with van der Waals surface area (Å²) < 4.78 is 10.9. The Morgan fingerprint density at radius 2 is 1.74 bits per heavy atom. The van der Waals surface area contributed by atoms with Crippen molar-refractivity contribution in [2.45, 2.75) is 6.42 Å². The molecule has 4 nitrogen and oxygen atoms in total. The highest BCUT2D eigenvalue weighted by Crippen LogP contribution is 2.13. The lowest BCUT2D eigenvalue weighted by molar-refractivity contribution is 0.0358. The second-order valence-corrected chi connectivity index (χ2v) is 4.23. The van der Waals surface area contributed by atoms with Gasteiger partial charge in [-0.1, -0.05) is 0 Å². The summed E-state index contributed by atoms with van der Waals surface area (Å²) in [6.07, 6.45) is 1.05. The average Bonchev–Trinajstić information content (AvgIpc) is 2.38. The van der Waals surface area contributed by atoms with E-state index in [0.717, 1.165) is 57.3 Å². The maximum absolute atomic E-state index is 5.64. The molecule has 0 amide bonds. The van der Waals surface area contributed by atoms with E-state index in [1.807, 2.05) is 24.3 Å². The Bertz CT molecular complexity index is 330. The van der Waals surface area contributed by atoms with Gasteiger partial charge in [-0.15, -0.1) is 34.0 Å². The minimum absolute atomic E-state index is 0. The van der Waals surface area contributed by atoms with E-state index >= 15 is 0 Å². The summed E-state index contributed by atoms with van der Waals surface area (Å²) in [5.41, 5.74) is 6.37. The largest absolute Gasteiger partial charge is 0.494 e. The van der Waals surface area contributed by atoms with Crippen molar-refractivity contribution in [3.8, 4) is 5.75 Å². The molecule has 0 aliphatic carbocycles. The minimum Gasteiger partial charge on any atom is -0.494 e. The van der Waals surface area contributed by atoms with E-state index in [1.54, 1.807) is 0 Å². The SMILES string of the molecule is Br.Br.Nc1ccc(OCCCN2CCOCC2)cc1.